The molecule has 138 valence electrons. The van der Waals surface area contributed by atoms with E-state index in [0.717, 1.165) is 0 Å². The summed E-state index contributed by atoms with van der Waals surface area (Å²) in [6, 6.07) is 9.13. The molecular weight excluding hydrogens is 368 g/mol. The molecule has 0 saturated heterocycles. The van der Waals surface area contributed by atoms with Crippen LogP contribution < -0.4 is 15.2 Å². The van der Waals surface area contributed by atoms with Gasteiger partial charge < -0.3 is 25.4 Å². The molecule has 1 atom stereocenters. The summed E-state index contributed by atoms with van der Waals surface area (Å²) in [6.45, 7) is -0.0492. The number of fused-ring (bicyclic) bond motifs is 1. The van der Waals surface area contributed by atoms with Crippen molar-refractivity contribution in [3.8, 4) is 34.8 Å². The molecule has 1 aliphatic rings. The molecule has 1 aromatic heterocycles. The van der Waals surface area contributed by atoms with Gasteiger partial charge in [-0.15, -0.1) is 11.8 Å². The highest BCUT2D eigenvalue weighted by Crippen LogP contribution is 2.40. The minimum atomic E-state index is -0.439. The Morgan fingerprint density at radius 2 is 2.00 bits per heavy atom. The van der Waals surface area contributed by atoms with E-state index in [2.05, 4.69) is 11.1 Å². The topological polar surface area (TPSA) is 145 Å². The minimum absolute atomic E-state index is 0.0159. The Morgan fingerprint density at radius 1 is 1.22 bits per heavy atom. The number of aromatic nitrogens is 1. The van der Waals surface area contributed by atoms with E-state index in [0.29, 0.717) is 33.4 Å². The van der Waals surface area contributed by atoms with Gasteiger partial charge in [0.15, 0.2) is 17.6 Å². The van der Waals surface area contributed by atoms with Crippen LogP contribution in [0.4, 0.5) is 5.82 Å². The number of hydrogen-bond acceptors (Lipinski definition) is 9. The van der Waals surface area contributed by atoms with Crippen LogP contribution in [0.25, 0.3) is 11.1 Å². The summed E-state index contributed by atoms with van der Waals surface area (Å²) in [5.41, 5.74) is 7.18. The maximum atomic E-state index is 9.68. The third kappa shape index (κ3) is 3.62. The van der Waals surface area contributed by atoms with Crippen molar-refractivity contribution in [3.05, 3.63) is 29.3 Å². The van der Waals surface area contributed by atoms with Crippen molar-refractivity contribution >= 4 is 17.6 Å². The first-order valence-corrected chi connectivity index (χ1v) is 9.03. The van der Waals surface area contributed by atoms with Crippen molar-refractivity contribution in [1.82, 2.24) is 4.98 Å². The molecule has 0 fully saturated rings. The van der Waals surface area contributed by atoms with Crippen molar-refractivity contribution in [3.63, 3.8) is 0 Å². The second kappa shape index (κ2) is 8.14. The second-order valence-corrected chi connectivity index (χ2v) is 6.70. The molecule has 27 heavy (non-hydrogen) atoms. The molecule has 1 unspecified atom stereocenters. The van der Waals surface area contributed by atoms with Gasteiger partial charge in [-0.1, -0.05) is 6.07 Å². The normalized spacial score (nSPS) is 15.0. The molecule has 2 aromatic rings. The average molecular weight is 384 g/mol. The van der Waals surface area contributed by atoms with Gasteiger partial charge in [0.1, 0.15) is 35.2 Å². The summed E-state index contributed by atoms with van der Waals surface area (Å²) in [7, 11) is 0. The molecule has 0 radical (unpaired) electrons. The van der Waals surface area contributed by atoms with Gasteiger partial charge in [0, 0.05) is 11.3 Å². The van der Waals surface area contributed by atoms with Gasteiger partial charge >= 0.3 is 0 Å². The molecule has 0 amide bonds. The molecule has 8 nitrogen and oxygen atoms in total. The van der Waals surface area contributed by atoms with Gasteiger partial charge in [0.2, 0.25) is 0 Å². The standard InChI is InChI=1S/C18H16N4O4S/c19-6-12-16(13(7-20)18(22-17(12)21)27-4-3-23)10-1-2-14-15(5-10)25-9-11(8-24)26-14/h1-2,5,11,23-24H,3-4,8-9H2,(H2,21,22). The van der Waals surface area contributed by atoms with E-state index in [1.54, 1.807) is 18.2 Å². The van der Waals surface area contributed by atoms with Crippen LogP contribution in [0.2, 0.25) is 0 Å². The number of benzene rings is 1. The van der Waals surface area contributed by atoms with Gasteiger partial charge in [-0.25, -0.2) is 4.98 Å². The Hall–Kier alpha value is -2.98. The van der Waals surface area contributed by atoms with E-state index in [9.17, 15) is 15.6 Å². The van der Waals surface area contributed by atoms with Crippen molar-refractivity contribution in [2.75, 3.05) is 31.3 Å². The monoisotopic (exact) mass is 384 g/mol. The molecule has 9 heteroatoms. The van der Waals surface area contributed by atoms with E-state index in [-0.39, 0.29) is 36.8 Å². The Kier molecular flexibility index (Phi) is 5.67. The maximum Gasteiger partial charge on any atom is 0.162 e. The Bertz CT molecular complexity index is 952. The van der Waals surface area contributed by atoms with Crippen molar-refractivity contribution in [1.29, 1.82) is 10.5 Å². The van der Waals surface area contributed by atoms with E-state index in [4.69, 9.17) is 20.3 Å². The first kappa shape index (κ1) is 18.8. The zero-order valence-electron chi connectivity index (χ0n) is 14.2. The zero-order chi connectivity index (χ0) is 19.4. The van der Waals surface area contributed by atoms with Crippen LogP contribution in [-0.4, -0.2) is 46.9 Å². The molecular formula is C18H16N4O4S. The van der Waals surface area contributed by atoms with E-state index in [1.807, 2.05) is 6.07 Å². The van der Waals surface area contributed by atoms with Gasteiger partial charge in [0.05, 0.1) is 18.8 Å². The second-order valence-electron chi connectivity index (χ2n) is 5.62. The first-order valence-electron chi connectivity index (χ1n) is 8.05. The smallest absolute Gasteiger partial charge is 0.162 e. The van der Waals surface area contributed by atoms with Crippen LogP contribution in [0, 0.1) is 22.7 Å². The van der Waals surface area contributed by atoms with Crippen LogP contribution in [0.3, 0.4) is 0 Å². The molecule has 1 aromatic carbocycles. The lowest BCUT2D eigenvalue weighted by Gasteiger charge is -2.25. The summed E-state index contributed by atoms with van der Waals surface area (Å²) < 4.78 is 11.2. The number of hydrogen-bond donors (Lipinski definition) is 3. The lowest BCUT2D eigenvalue weighted by molar-refractivity contribution is 0.0457. The van der Waals surface area contributed by atoms with Crippen molar-refractivity contribution in [2.45, 2.75) is 11.1 Å². The first-order chi connectivity index (χ1) is 13.1. The van der Waals surface area contributed by atoms with Crippen molar-refractivity contribution in [2.24, 2.45) is 0 Å². The Labute approximate surface area is 159 Å². The van der Waals surface area contributed by atoms with Crippen LogP contribution in [0.1, 0.15) is 11.1 Å². The zero-order valence-corrected chi connectivity index (χ0v) is 15.0. The number of aliphatic hydroxyl groups is 2. The predicted octanol–water partition coefficient (Wildman–Crippen LogP) is 1.29. The summed E-state index contributed by atoms with van der Waals surface area (Å²) in [6.07, 6.45) is -0.439. The number of nitrogen functional groups attached to an aromatic ring is 1. The largest absolute Gasteiger partial charge is 0.486 e. The molecule has 0 aliphatic carbocycles. The maximum absolute atomic E-state index is 9.68. The Balaban J connectivity index is 2.15. The molecule has 0 spiro atoms. The lowest BCUT2D eigenvalue weighted by Crippen LogP contribution is -2.32. The number of pyridine rings is 1. The highest BCUT2D eigenvalue weighted by atomic mass is 32.2. The molecule has 3 rings (SSSR count). The fraction of sp³-hybridized carbons (Fsp3) is 0.278. The molecule has 0 saturated carbocycles. The third-order valence-electron chi connectivity index (χ3n) is 3.90. The highest BCUT2D eigenvalue weighted by molar-refractivity contribution is 7.99. The van der Waals surface area contributed by atoms with E-state index >= 15 is 0 Å². The highest BCUT2D eigenvalue weighted by Gasteiger charge is 2.24. The van der Waals surface area contributed by atoms with Crippen LogP contribution >= 0.6 is 11.8 Å². The fourth-order valence-electron chi connectivity index (χ4n) is 2.69. The summed E-state index contributed by atoms with van der Waals surface area (Å²) in [4.78, 5) is 4.15. The van der Waals surface area contributed by atoms with E-state index < -0.39 is 6.10 Å². The SMILES string of the molecule is N#Cc1c(N)nc(SCCO)c(C#N)c1-c1ccc2c(c1)OCC(CO)O2. The number of thioether (sulfide) groups is 1. The minimum Gasteiger partial charge on any atom is -0.486 e. The third-order valence-corrected chi connectivity index (χ3v) is 4.86. The summed E-state index contributed by atoms with van der Waals surface area (Å²) in [5, 5.41) is 37.8. The molecule has 4 N–H and O–H groups in total. The van der Waals surface area contributed by atoms with Gasteiger partial charge in [-0.05, 0) is 17.7 Å². The number of ether oxygens (including phenoxy) is 2. The predicted molar refractivity (Wildman–Crippen MR) is 98.3 cm³/mol. The Morgan fingerprint density at radius 3 is 2.67 bits per heavy atom. The quantitative estimate of drug-likeness (QED) is 0.649. The number of anilines is 1. The van der Waals surface area contributed by atoms with Crippen molar-refractivity contribution < 1.29 is 19.7 Å². The average Bonchev–Trinajstić information content (AvgIpc) is 2.70. The fourth-order valence-corrected chi connectivity index (χ4v) is 3.43. The number of nitrogens with two attached hydrogens (primary N) is 1. The summed E-state index contributed by atoms with van der Waals surface area (Å²) in [5.74, 6) is 1.28. The van der Waals surface area contributed by atoms with E-state index in [1.165, 1.54) is 11.8 Å². The van der Waals surface area contributed by atoms with Gasteiger partial charge in [-0.3, -0.25) is 0 Å². The number of rotatable bonds is 5. The lowest BCUT2D eigenvalue weighted by atomic mass is 9.96. The van der Waals surface area contributed by atoms with Crippen LogP contribution in [0.5, 0.6) is 11.5 Å². The molecule has 1 aliphatic heterocycles. The van der Waals surface area contributed by atoms with Crippen LogP contribution in [0.15, 0.2) is 23.2 Å². The number of aliphatic hydroxyl groups excluding tert-OH is 2. The number of nitrogens with zero attached hydrogens (tertiary/aromatic N) is 3. The number of nitriles is 2. The molecule has 2 heterocycles. The molecule has 0 bridgehead atoms. The van der Waals surface area contributed by atoms with Gasteiger partial charge in [0.25, 0.3) is 0 Å². The van der Waals surface area contributed by atoms with Gasteiger partial charge in [-0.2, -0.15) is 10.5 Å². The van der Waals surface area contributed by atoms with Crippen LogP contribution in [-0.2, 0) is 0 Å². The summed E-state index contributed by atoms with van der Waals surface area (Å²) >= 11 is 1.19.